The molecule has 0 fully saturated rings. The molecule has 0 radical (unpaired) electrons. The van der Waals surface area contributed by atoms with Gasteiger partial charge in [-0.1, -0.05) is 13.0 Å². The fourth-order valence-corrected chi connectivity index (χ4v) is 2.79. The van der Waals surface area contributed by atoms with Crippen LogP contribution in [-0.2, 0) is 6.42 Å². The normalized spacial score (nSPS) is 21.7. The summed E-state index contributed by atoms with van der Waals surface area (Å²) in [6, 6.07) is 5.36. The quantitative estimate of drug-likeness (QED) is 0.843. The minimum absolute atomic E-state index is 0.153. The Balaban J connectivity index is 1.91. The number of benzene rings is 1. The van der Waals surface area contributed by atoms with E-state index in [9.17, 15) is 9.50 Å². The Kier molecular flexibility index (Phi) is 4.36. The van der Waals surface area contributed by atoms with E-state index in [0.717, 1.165) is 31.4 Å². The first-order valence-corrected chi connectivity index (χ1v) is 6.76. The Labute approximate surface area is 108 Å². The highest BCUT2D eigenvalue weighted by atomic mass is 19.1. The molecule has 0 saturated carbocycles. The monoisotopic (exact) mass is 251 g/mol. The van der Waals surface area contributed by atoms with Gasteiger partial charge in [-0.15, -0.1) is 0 Å². The van der Waals surface area contributed by atoms with E-state index >= 15 is 0 Å². The molecular weight excluding hydrogens is 229 g/mol. The van der Waals surface area contributed by atoms with E-state index in [4.69, 9.17) is 0 Å². The molecular formula is C15H22FNO. The zero-order chi connectivity index (χ0) is 13.1. The number of hydrogen-bond acceptors (Lipinski definition) is 2. The predicted octanol–water partition coefficient (Wildman–Crippen LogP) is 2.81. The molecule has 18 heavy (non-hydrogen) atoms. The standard InChI is InChI=1S/C15H22FNO/c1-10(7-11(2)18)9-17-15-6-4-12-3-5-13(16)8-14(12)15/h3,5,8,10-11,15,17-18H,4,6-7,9H2,1-2H3. The molecule has 1 aliphatic rings. The summed E-state index contributed by atoms with van der Waals surface area (Å²) in [5.74, 6) is 0.280. The van der Waals surface area contributed by atoms with E-state index in [1.807, 2.05) is 13.0 Å². The summed E-state index contributed by atoms with van der Waals surface area (Å²) in [5.41, 5.74) is 2.37. The van der Waals surface area contributed by atoms with E-state index in [1.165, 1.54) is 11.6 Å². The predicted molar refractivity (Wildman–Crippen MR) is 70.9 cm³/mol. The Morgan fingerprint density at radius 3 is 2.94 bits per heavy atom. The summed E-state index contributed by atoms with van der Waals surface area (Å²) in [5, 5.41) is 12.8. The number of aliphatic hydroxyl groups is 1. The van der Waals surface area contributed by atoms with Crippen LogP contribution in [0.1, 0.15) is 43.9 Å². The molecule has 0 aromatic heterocycles. The van der Waals surface area contributed by atoms with Crippen LogP contribution in [0.2, 0.25) is 0 Å². The second-order valence-corrected chi connectivity index (χ2v) is 5.53. The smallest absolute Gasteiger partial charge is 0.123 e. The largest absolute Gasteiger partial charge is 0.393 e. The van der Waals surface area contributed by atoms with E-state index in [2.05, 4.69) is 12.2 Å². The first kappa shape index (κ1) is 13.5. The lowest BCUT2D eigenvalue weighted by atomic mass is 10.0. The lowest BCUT2D eigenvalue weighted by Crippen LogP contribution is -2.26. The Morgan fingerprint density at radius 1 is 1.44 bits per heavy atom. The maximum absolute atomic E-state index is 13.2. The molecule has 0 heterocycles. The lowest BCUT2D eigenvalue weighted by Gasteiger charge is -2.19. The number of halogens is 1. The van der Waals surface area contributed by atoms with Gasteiger partial charge in [0, 0.05) is 6.04 Å². The number of nitrogens with one attached hydrogen (secondary N) is 1. The second-order valence-electron chi connectivity index (χ2n) is 5.53. The van der Waals surface area contributed by atoms with Crippen LogP contribution in [0.3, 0.4) is 0 Å². The molecule has 0 bridgehead atoms. The van der Waals surface area contributed by atoms with E-state index in [1.54, 1.807) is 6.07 Å². The number of rotatable bonds is 5. The Bertz CT molecular complexity index is 405. The summed E-state index contributed by atoms with van der Waals surface area (Å²) < 4.78 is 13.2. The third-order valence-electron chi connectivity index (χ3n) is 3.64. The number of aryl methyl sites for hydroxylation is 1. The zero-order valence-corrected chi connectivity index (χ0v) is 11.1. The highest BCUT2D eigenvalue weighted by Gasteiger charge is 2.22. The molecule has 2 N–H and O–H groups in total. The average Bonchev–Trinajstić information content (AvgIpc) is 2.68. The molecule has 0 saturated heterocycles. The van der Waals surface area contributed by atoms with Crippen LogP contribution in [0.5, 0.6) is 0 Å². The van der Waals surface area contributed by atoms with Crippen molar-refractivity contribution in [1.82, 2.24) is 5.32 Å². The van der Waals surface area contributed by atoms with Gasteiger partial charge in [-0.3, -0.25) is 0 Å². The maximum atomic E-state index is 13.2. The number of hydrogen-bond donors (Lipinski definition) is 2. The minimum Gasteiger partial charge on any atom is -0.393 e. The molecule has 0 amide bonds. The first-order valence-electron chi connectivity index (χ1n) is 6.76. The highest BCUT2D eigenvalue weighted by molar-refractivity contribution is 5.34. The zero-order valence-electron chi connectivity index (χ0n) is 11.1. The van der Waals surface area contributed by atoms with Crippen LogP contribution in [0.25, 0.3) is 0 Å². The Hall–Kier alpha value is -0.930. The van der Waals surface area contributed by atoms with Gasteiger partial charge < -0.3 is 10.4 Å². The van der Waals surface area contributed by atoms with Crippen molar-refractivity contribution in [2.75, 3.05) is 6.54 Å². The molecule has 3 unspecified atom stereocenters. The molecule has 0 aliphatic heterocycles. The minimum atomic E-state index is -0.255. The highest BCUT2D eigenvalue weighted by Crippen LogP contribution is 2.31. The van der Waals surface area contributed by atoms with E-state index in [-0.39, 0.29) is 18.0 Å². The topological polar surface area (TPSA) is 32.3 Å². The van der Waals surface area contributed by atoms with Crippen LogP contribution in [-0.4, -0.2) is 17.8 Å². The summed E-state index contributed by atoms with van der Waals surface area (Å²) in [4.78, 5) is 0. The molecule has 0 spiro atoms. The lowest BCUT2D eigenvalue weighted by molar-refractivity contribution is 0.162. The third-order valence-corrected chi connectivity index (χ3v) is 3.64. The van der Waals surface area contributed by atoms with Crippen molar-refractivity contribution in [2.24, 2.45) is 5.92 Å². The molecule has 1 aromatic carbocycles. The third kappa shape index (κ3) is 3.30. The molecule has 2 rings (SSSR count). The molecule has 3 atom stereocenters. The number of aliphatic hydroxyl groups excluding tert-OH is 1. The molecule has 1 aromatic rings. The summed E-state index contributed by atoms with van der Waals surface area (Å²) in [6.45, 7) is 4.81. The van der Waals surface area contributed by atoms with Gasteiger partial charge in [-0.05, 0) is 61.9 Å². The van der Waals surface area contributed by atoms with Gasteiger partial charge in [-0.25, -0.2) is 4.39 Å². The van der Waals surface area contributed by atoms with Gasteiger partial charge in [0.05, 0.1) is 6.10 Å². The maximum Gasteiger partial charge on any atom is 0.123 e. The molecule has 1 aliphatic carbocycles. The van der Waals surface area contributed by atoms with Crippen molar-refractivity contribution in [1.29, 1.82) is 0 Å². The van der Waals surface area contributed by atoms with Crippen molar-refractivity contribution in [3.05, 3.63) is 35.1 Å². The van der Waals surface area contributed by atoms with Crippen molar-refractivity contribution < 1.29 is 9.50 Å². The van der Waals surface area contributed by atoms with Gasteiger partial charge >= 0.3 is 0 Å². The first-order chi connectivity index (χ1) is 8.56. The van der Waals surface area contributed by atoms with Crippen molar-refractivity contribution in [3.8, 4) is 0 Å². The van der Waals surface area contributed by atoms with Gasteiger partial charge in [0.1, 0.15) is 5.82 Å². The van der Waals surface area contributed by atoms with Crippen LogP contribution in [0, 0.1) is 11.7 Å². The van der Waals surface area contributed by atoms with Gasteiger partial charge in [0.15, 0.2) is 0 Å². The van der Waals surface area contributed by atoms with Gasteiger partial charge in [-0.2, -0.15) is 0 Å². The van der Waals surface area contributed by atoms with Crippen LogP contribution < -0.4 is 5.32 Å². The van der Waals surface area contributed by atoms with Crippen LogP contribution >= 0.6 is 0 Å². The fraction of sp³-hybridized carbons (Fsp3) is 0.600. The van der Waals surface area contributed by atoms with Crippen LogP contribution in [0.4, 0.5) is 4.39 Å². The number of fused-ring (bicyclic) bond motifs is 1. The van der Waals surface area contributed by atoms with Crippen molar-refractivity contribution in [3.63, 3.8) is 0 Å². The summed E-state index contributed by atoms with van der Waals surface area (Å²) >= 11 is 0. The Morgan fingerprint density at radius 2 is 2.22 bits per heavy atom. The summed E-state index contributed by atoms with van der Waals surface area (Å²) in [6.07, 6.45) is 2.61. The molecule has 100 valence electrons. The average molecular weight is 251 g/mol. The summed E-state index contributed by atoms with van der Waals surface area (Å²) in [7, 11) is 0. The fourth-order valence-electron chi connectivity index (χ4n) is 2.79. The van der Waals surface area contributed by atoms with Crippen molar-refractivity contribution in [2.45, 2.75) is 45.3 Å². The van der Waals surface area contributed by atoms with Gasteiger partial charge in [0.25, 0.3) is 0 Å². The van der Waals surface area contributed by atoms with Crippen LogP contribution in [0.15, 0.2) is 18.2 Å². The molecule has 3 heteroatoms. The SMILES string of the molecule is CC(O)CC(C)CNC1CCc2ccc(F)cc21. The van der Waals surface area contributed by atoms with Gasteiger partial charge in [0.2, 0.25) is 0 Å². The second kappa shape index (κ2) is 5.81. The molecule has 2 nitrogen and oxygen atoms in total. The van der Waals surface area contributed by atoms with Crippen molar-refractivity contribution >= 4 is 0 Å². The van der Waals surface area contributed by atoms with E-state index < -0.39 is 0 Å². The van der Waals surface area contributed by atoms with E-state index in [0.29, 0.717) is 5.92 Å².